The third kappa shape index (κ3) is 6.99. The number of amides is 2. The zero-order chi connectivity index (χ0) is 26.2. The Kier molecular flexibility index (Phi) is 8.60. The van der Waals surface area contributed by atoms with Crippen molar-refractivity contribution in [2.24, 2.45) is 0 Å². The molecule has 2 amide bonds. The summed E-state index contributed by atoms with van der Waals surface area (Å²) in [6.07, 6.45) is 0.183. The van der Waals surface area contributed by atoms with Crippen molar-refractivity contribution in [2.45, 2.75) is 19.0 Å². The molecule has 6 heteroatoms. The normalized spacial score (nSPS) is 11.4. The second-order valence-electron chi connectivity index (χ2n) is 9.05. The van der Waals surface area contributed by atoms with Crippen LogP contribution in [-0.2, 0) is 22.6 Å². The van der Waals surface area contributed by atoms with E-state index in [1.165, 1.54) is 0 Å². The molecule has 1 atom stereocenters. The molecule has 1 N–H and O–H groups in total. The van der Waals surface area contributed by atoms with Gasteiger partial charge in [0, 0.05) is 37.0 Å². The highest BCUT2D eigenvalue weighted by Crippen LogP contribution is 2.28. The van der Waals surface area contributed by atoms with Crippen molar-refractivity contribution in [1.29, 1.82) is 0 Å². The number of halogens is 1. The molecule has 0 radical (unpaired) electrons. The van der Waals surface area contributed by atoms with E-state index in [1.807, 2.05) is 104 Å². The molecule has 0 aliphatic rings. The van der Waals surface area contributed by atoms with Crippen LogP contribution < -0.4 is 10.2 Å². The molecule has 0 saturated heterocycles. The van der Waals surface area contributed by atoms with E-state index in [0.717, 1.165) is 16.8 Å². The minimum Gasteiger partial charge on any atom is -0.378 e. The number of anilines is 2. The minimum atomic E-state index is -0.859. The van der Waals surface area contributed by atoms with E-state index in [4.69, 9.17) is 11.6 Å². The Morgan fingerprint density at radius 3 is 1.89 bits per heavy atom. The topological polar surface area (TPSA) is 52.7 Å². The summed E-state index contributed by atoms with van der Waals surface area (Å²) in [6.45, 7) is 0.285. The van der Waals surface area contributed by atoms with Gasteiger partial charge in [-0.1, -0.05) is 84.4 Å². The molecule has 0 aromatic heterocycles. The van der Waals surface area contributed by atoms with E-state index in [2.05, 4.69) is 5.32 Å². The van der Waals surface area contributed by atoms with Crippen LogP contribution in [0, 0.1) is 0 Å². The van der Waals surface area contributed by atoms with E-state index in [9.17, 15) is 9.59 Å². The first-order chi connectivity index (χ1) is 17.9. The lowest BCUT2D eigenvalue weighted by Crippen LogP contribution is -2.41. The quantitative estimate of drug-likeness (QED) is 0.284. The molecule has 4 aromatic carbocycles. The maximum atomic E-state index is 13.9. The number of rotatable bonds is 9. The van der Waals surface area contributed by atoms with Gasteiger partial charge >= 0.3 is 0 Å². The molecule has 1 unspecified atom stereocenters. The van der Waals surface area contributed by atoms with E-state index >= 15 is 0 Å². The summed E-state index contributed by atoms with van der Waals surface area (Å²) in [4.78, 5) is 31.3. The van der Waals surface area contributed by atoms with Gasteiger partial charge in [0.1, 0.15) is 6.04 Å². The average molecular weight is 512 g/mol. The summed E-state index contributed by atoms with van der Waals surface area (Å²) >= 11 is 6.16. The molecule has 0 aliphatic heterocycles. The second-order valence-corrected chi connectivity index (χ2v) is 9.49. The first-order valence-electron chi connectivity index (χ1n) is 12.1. The Morgan fingerprint density at radius 2 is 1.32 bits per heavy atom. The summed E-state index contributed by atoms with van der Waals surface area (Å²) in [6, 6.07) is 33.1. The first-order valence-corrected chi connectivity index (χ1v) is 12.5. The van der Waals surface area contributed by atoms with Crippen molar-refractivity contribution in [1.82, 2.24) is 4.90 Å². The highest BCUT2D eigenvalue weighted by atomic mass is 35.5. The third-order valence-electron chi connectivity index (χ3n) is 6.11. The van der Waals surface area contributed by atoms with Gasteiger partial charge in [-0.2, -0.15) is 0 Å². The van der Waals surface area contributed by atoms with Crippen LogP contribution in [0.2, 0.25) is 5.02 Å². The van der Waals surface area contributed by atoms with Gasteiger partial charge in [-0.15, -0.1) is 0 Å². The Hall–Kier alpha value is -4.09. The fourth-order valence-electron chi connectivity index (χ4n) is 4.15. The number of benzene rings is 4. The Morgan fingerprint density at radius 1 is 0.757 bits per heavy atom. The van der Waals surface area contributed by atoms with E-state index < -0.39 is 6.04 Å². The molecule has 4 rings (SSSR count). The molecule has 5 nitrogen and oxygen atoms in total. The van der Waals surface area contributed by atoms with Gasteiger partial charge in [-0.3, -0.25) is 9.59 Å². The number of carbonyl (C=O) groups is 2. The number of nitrogens with zero attached hydrogens (tertiary/aromatic N) is 2. The molecule has 0 heterocycles. The zero-order valence-electron chi connectivity index (χ0n) is 21.0. The molecule has 0 aliphatic carbocycles. The van der Waals surface area contributed by atoms with Crippen molar-refractivity contribution < 1.29 is 9.59 Å². The largest absolute Gasteiger partial charge is 0.378 e. The molecule has 0 bridgehead atoms. The van der Waals surface area contributed by atoms with Crippen LogP contribution in [-0.4, -0.2) is 30.8 Å². The summed E-state index contributed by atoms with van der Waals surface area (Å²) in [7, 11) is 3.92. The number of hydrogen-bond donors (Lipinski definition) is 1. The number of hydrogen-bond acceptors (Lipinski definition) is 3. The molecule has 4 aromatic rings. The maximum Gasteiger partial charge on any atom is 0.251 e. The van der Waals surface area contributed by atoms with Crippen LogP contribution in [0.5, 0.6) is 0 Å². The third-order valence-corrected chi connectivity index (χ3v) is 6.36. The average Bonchev–Trinajstić information content (AvgIpc) is 2.91. The van der Waals surface area contributed by atoms with E-state index in [-0.39, 0.29) is 24.8 Å². The molecular weight excluding hydrogens is 482 g/mol. The fourth-order valence-corrected chi connectivity index (χ4v) is 4.27. The molecule has 188 valence electrons. The first kappa shape index (κ1) is 26.0. The smallest absolute Gasteiger partial charge is 0.251 e. The van der Waals surface area contributed by atoms with Crippen LogP contribution in [0.3, 0.4) is 0 Å². The molecule has 0 spiro atoms. The molecule has 0 fully saturated rings. The van der Waals surface area contributed by atoms with E-state index in [1.54, 1.807) is 29.2 Å². The van der Waals surface area contributed by atoms with Gasteiger partial charge in [-0.05, 0) is 53.1 Å². The van der Waals surface area contributed by atoms with Gasteiger partial charge < -0.3 is 15.1 Å². The minimum absolute atomic E-state index is 0.145. The van der Waals surface area contributed by atoms with Crippen molar-refractivity contribution in [3.05, 3.63) is 131 Å². The summed E-state index contributed by atoms with van der Waals surface area (Å²) in [5, 5.41) is 3.58. The van der Waals surface area contributed by atoms with Crippen LogP contribution in [0.1, 0.15) is 22.7 Å². The molecular formula is C31H30ClN3O2. The predicted molar refractivity (Wildman–Crippen MR) is 151 cm³/mol. The lowest BCUT2D eigenvalue weighted by Gasteiger charge is -2.32. The molecule has 37 heavy (non-hydrogen) atoms. The van der Waals surface area contributed by atoms with Crippen LogP contribution >= 0.6 is 11.6 Å². The van der Waals surface area contributed by atoms with Crippen LogP contribution in [0.4, 0.5) is 11.4 Å². The van der Waals surface area contributed by atoms with Gasteiger partial charge in [-0.25, -0.2) is 0 Å². The summed E-state index contributed by atoms with van der Waals surface area (Å²) in [5.74, 6) is -0.439. The van der Waals surface area contributed by atoms with Crippen molar-refractivity contribution in [2.75, 3.05) is 24.3 Å². The van der Waals surface area contributed by atoms with Gasteiger partial charge in [0.15, 0.2) is 0 Å². The lowest BCUT2D eigenvalue weighted by molar-refractivity contribution is -0.139. The highest BCUT2D eigenvalue weighted by molar-refractivity contribution is 6.30. The Balaban J connectivity index is 1.71. The van der Waals surface area contributed by atoms with Gasteiger partial charge in [0.05, 0.1) is 6.42 Å². The van der Waals surface area contributed by atoms with Gasteiger partial charge in [0.25, 0.3) is 5.91 Å². The number of nitrogens with one attached hydrogen (secondary N) is 1. The Bertz CT molecular complexity index is 1310. The SMILES string of the molecule is CN(C)c1ccc(NC(=O)C(c2ccc(Cl)cc2)N(Cc2ccccc2)C(=O)Cc2ccccc2)cc1. The monoisotopic (exact) mass is 511 g/mol. The maximum absolute atomic E-state index is 13.9. The zero-order valence-corrected chi connectivity index (χ0v) is 21.7. The predicted octanol–water partition coefficient (Wildman–Crippen LogP) is 6.36. The standard InChI is InChI=1S/C31H30ClN3O2/c1-34(2)28-19-17-27(18-20-28)33-31(37)30(25-13-15-26(32)16-14-25)35(22-24-11-7-4-8-12-24)29(36)21-23-9-5-3-6-10-23/h3-20,30H,21-22H2,1-2H3,(H,33,37). The summed E-state index contributed by atoms with van der Waals surface area (Å²) < 4.78 is 0. The second kappa shape index (κ2) is 12.2. The van der Waals surface area contributed by atoms with Crippen molar-refractivity contribution >= 4 is 34.8 Å². The van der Waals surface area contributed by atoms with Gasteiger partial charge in [0.2, 0.25) is 5.91 Å². The van der Waals surface area contributed by atoms with Crippen LogP contribution in [0.15, 0.2) is 109 Å². The van der Waals surface area contributed by atoms with Crippen molar-refractivity contribution in [3.8, 4) is 0 Å². The highest BCUT2D eigenvalue weighted by Gasteiger charge is 2.31. The Labute approximate surface area is 223 Å². The van der Waals surface area contributed by atoms with Crippen LogP contribution in [0.25, 0.3) is 0 Å². The molecule has 0 saturated carbocycles. The fraction of sp³-hybridized carbons (Fsp3) is 0.161. The van der Waals surface area contributed by atoms with Crippen molar-refractivity contribution in [3.63, 3.8) is 0 Å². The van der Waals surface area contributed by atoms with E-state index in [0.29, 0.717) is 16.3 Å². The number of carbonyl (C=O) groups excluding carboxylic acids is 2. The summed E-state index contributed by atoms with van der Waals surface area (Å²) in [5.41, 5.74) is 4.19. The lowest BCUT2D eigenvalue weighted by atomic mass is 10.0.